The second kappa shape index (κ2) is 7.00. The Hall–Kier alpha value is -2.00. The molecule has 9 heteroatoms. The summed E-state index contributed by atoms with van der Waals surface area (Å²) in [5.74, 6) is -1.02. The van der Waals surface area contributed by atoms with Gasteiger partial charge >= 0.3 is 0 Å². The summed E-state index contributed by atoms with van der Waals surface area (Å²) < 4.78 is 42.2. The van der Waals surface area contributed by atoms with Crippen molar-refractivity contribution in [3.8, 4) is 0 Å². The number of carbonyl (C=O) groups is 2. The third-order valence-electron chi connectivity index (χ3n) is 7.30. The maximum atomic E-state index is 14.2. The molecule has 31 heavy (non-hydrogen) atoms. The summed E-state index contributed by atoms with van der Waals surface area (Å²) in [4.78, 5) is 25.0. The Kier molecular flexibility index (Phi) is 5.01. The number of rotatable bonds is 6. The second-order valence-electron chi connectivity index (χ2n) is 10.5. The van der Waals surface area contributed by atoms with Crippen molar-refractivity contribution >= 4 is 21.8 Å². The lowest BCUT2D eigenvalue weighted by Gasteiger charge is -2.61. The van der Waals surface area contributed by atoms with Crippen LogP contribution in [0.25, 0.3) is 0 Å². The predicted molar refractivity (Wildman–Crippen MR) is 113 cm³/mol. The lowest BCUT2D eigenvalue weighted by molar-refractivity contribution is -0.151. The molecule has 0 saturated heterocycles. The number of halogens is 1. The van der Waals surface area contributed by atoms with Crippen molar-refractivity contribution in [2.75, 3.05) is 0 Å². The van der Waals surface area contributed by atoms with Gasteiger partial charge in [0.25, 0.3) is 0 Å². The van der Waals surface area contributed by atoms with Gasteiger partial charge in [0, 0.05) is 5.54 Å². The number of amides is 2. The van der Waals surface area contributed by atoms with E-state index < -0.39 is 43.1 Å². The molecule has 4 saturated carbocycles. The number of nitrogens with one attached hydrogen (secondary N) is 2. The van der Waals surface area contributed by atoms with Crippen LogP contribution in [0, 0.1) is 30.0 Å². The molecule has 2 amide bonds. The quantitative estimate of drug-likeness (QED) is 0.614. The van der Waals surface area contributed by atoms with Crippen molar-refractivity contribution in [3.05, 3.63) is 29.6 Å². The minimum Gasteiger partial charge on any atom is -0.369 e. The van der Waals surface area contributed by atoms with Crippen molar-refractivity contribution < 1.29 is 22.4 Å². The van der Waals surface area contributed by atoms with Crippen LogP contribution in [0.5, 0.6) is 0 Å². The molecule has 1 aromatic rings. The number of hydrogen-bond donors (Lipinski definition) is 3. The Bertz CT molecular complexity index is 1040. The van der Waals surface area contributed by atoms with E-state index in [0.717, 1.165) is 38.2 Å². The van der Waals surface area contributed by atoms with Gasteiger partial charge in [-0.1, -0.05) is 6.07 Å². The highest BCUT2D eigenvalue weighted by Crippen LogP contribution is 2.61. The van der Waals surface area contributed by atoms with Crippen LogP contribution in [0.15, 0.2) is 23.1 Å². The van der Waals surface area contributed by atoms with E-state index in [1.807, 2.05) is 0 Å². The zero-order valence-corrected chi connectivity index (χ0v) is 18.9. The molecule has 4 aliphatic carbocycles. The minimum absolute atomic E-state index is 0.310. The summed E-state index contributed by atoms with van der Waals surface area (Å²) in [5, 5.41) is 3.08. The number of sulfonamides is 1. The molecule has 5 rings (SSSR count). The highest BCUT2D eigenvalue weighted by Gasteiger charge is 2.61. The number of primary amides is 1. The number of benzene rings is 1. The van der Waals surface area contributed by atoms with Crippen LogP contribution in [0.3, 0.4) is 0 Å². The molecule has 0 aliphatic heterocycles. The molecule has 4 N–H and O–H groups in total. The van der Waals surface area contributed by atoms with Crippen LogP contribution in [0.2, 0.25) is 0 Å². The zero-order valence-electron chi connectivity index (χ0n) is 18.1. The van der Waals surface area contributed by atoms with Gasteiger partial charge in [0.1, 0.15) is 16.3 Å². The van der Waals surface area contributed by atoms with Gasteiger partial charge in [-0.15, -0.1) is 0 Å². The van der Waals surface area contributed by atoms with Crippen LogP contribution in [0.1, 0.15) is 57.9 Å². The first-order valence-corrected chi connectivity index (χ1v) is 12.2. The maximum Gasteiger partial charge on any atom is 0.244 e. The highest BCUT2D eigenvalue weighted by molar-refractivity contribution is 7.89. The molecule has 0 radical (unpaired) electrons. The summed E-state index contributed by atoms with van der Waals surface area (Å²) >= 11 is 0. The molecule has 2 unspecified atom stereocenters. The van der Waals surface area contributed by atoms with Crippen LogP contribution in [-0.2, 0) is 19.6 Å². The van der Waals surface area contributed by atoms with Gasteiger partial charge in [-0.05, 0) is 88.8 Å². The fourth-order valence-electron chi connectivity index (χ4n) is 6.35. The van der Waals surface area contributed by atoms with E-state index in [1.54, 1.807) is 6.92 Å². The summed E-state index contributed by atoms with van der Waals surface area (Å²) in [6.07, 6.45) is 4.58. The number of carbonyl (C=O) groups excluding carboxylic acids is 2. The molecular formula is C22H30FN3O4S. The maximum absolute atomic E-state index is 14.2. The van der Waals surface area contributed by atoms with Gasteiger partial charge in [-0.2, -0.15) is 4.72 Å². The van der Waals surface area contributed by atoms with Gasteiger partial charge in [0.15, 0.2) is 0 Å². The van der Waals surface area contributed by atoms with E-state index in [0.29, 0.717) is 23.8 Å². The monoisotopic (exact) mass is 451 g/mol. The minimum atomic E-state index is -4.27. The average Bonchev–Trinajstić information content (AvgIpc) is 2.61. The van der Waals surface area contributed by atoms with Crippen molar-refractivity contribution in [1.29, 1.82) is 0 Å². The summed E-state index contributed by atoms with van der Waals surface area (Å²) in [6.45, 7) is 4.58. The van der Waals surface area contributed by atoms with Crippen LogP contribution < -0.4 is 15.8 Å². The Morgan fingerprint density at radius 2 is 1.77 bits per heavy atom. The molecular weight excluding hydrogens is 421 g/mol. The van der Waals surface area contributed by atoms with Gasteiger partial charge in [-0.3, -0.25) is 9.59 Å². The molecule has 170 valence electrons. The second-order valence-corrected chi connectivity index (χ2v) is 12.2. The van der Waals surface area contributed by atoms with Crippen molar-refractivity contribution in [1.82, 2.24) is 10.0 Å². The Labute approximate surface area is 182 Å². The molecule has 4 aliphatic rings. The van der Waals surface area contributed by atoms with E-state index in [-0.39, 0.29) is 5.91 Å². The van der Waals surface area contributed by atoms with E-state index in [2.05, 4.69) is 10.0 Å². The lowest BCUT2D eigenvalue weighted by Crippen LogP contribution is -2.68. The van der Waals surface area contributed by atoms with E-state index >= 15 is 0 Å². The predicted octanol–water partition coefficient (Wildman–Crippen LogP) is 2.13. The van der Waals surface area contributed by atoms with Crippen molar-refractivity contribution in [2.45, 2.75) is 75.3 Å². The average molecular weight is 452 g/mol. The Morgan fingerprint density at radius 3 is 2.35 bits per heavy atom. The standard InChI is InChI=1S/C22H30FN3O4S/c1-13-4-5-16(23)17(6-13)31(29,30)26-20(2,3)19(28)25-22-10-14-7-15(11-22)9-21(8-14,12-22)18(24)27/h4-6,14-15,26H,7-12H2,1-3H3,(H2,24,27)(H,25,28). The summed E-state index contributed by atoms with van der Waals surface area (Å²) in [6, 6.07) is 3.81. The number of hydrogen-bond acceptors (Lipinski definition) is 4. The fourth-order valence-corrected chi connectivity index (χ4v) is 7.89. The Balaban J connectivity index is 1.55. The van der Waals surface area contributed by atoms with Gasteiger partial charge in [-0.25, -0.2) is 12.8 Å². The number of nitrogens with two attached hydrogens (primary N) is 1. The highest BCUT2D eigenvalue weighted by atomic mass is 32.2. The SMILES string of the molecule is Cc1ccc(F)c(S(=O)(=O)NC(C)(C)C(=O)NC23CC4CC(C2)CC(C(N)=O)(C4)C3)c1. The largest absolute Gasteiger partial charge is 0.369 e. The normalized spacial score (nSPS) is 32.1. The third-order valence-corrected chi connectivity index (χ3v) is 8.97. The molecule has 0 aromatic heterocycles. The topological polar surface area (TPSA) is 118 Å². The van der Waals surface area contributed by atoms with E-state index in [4.69, 9.17) is 5.73 Å². The van der Waals surface area contributed by atoms with E-state index in [9.17, 15) is 22.4 Å². The Morgan fingerprint density at radius 1 is 1.16 bits per heavy atom. The summed E-state index contributed by atoms with van der Waals surface area (Å²) in [7, 11) is -4.27. The molecule has 0 heterocycles. The van der Waals surface area contributed by atoms with Crippen molar-refractivity contribution in [3.63, 3.8) is 0 Å². The van der Waals surface area contributed by atoms with Gasteiger partial charge in [0.2, 0.25) is 21.8 Å². The fraction of sp³-hybridized carbons (Fsp3) is 0.636. The molecule has 2 atom stereocenters. The summed E-state index contributed by atoms with van der Waals surface area (Å²) in [5.41, 5.74) is 3.69. The molecule has 1 aromatic carbocycles. The van der Waals surface area contributed by atoms with Gasteiger partial charge < -0.3 is 11.1 Å². The van der Waals surface area contributed by atoms with Crippen molar-refractivity contribution in [2.24, 2.45) is 23.0 Å². The van der Waals surface area contributed by atoms with Crippen LogP contribution in [0.4, 0.5) is 4.39 Å². The smallest absolute Gasteiger partial charge is 0.244 e. The molecule has 0 spiro atoms. The molecule has 4 bridgehead atoms. The molecule has 7 nitrogen and oxygen atoms in total. The van der Waals surface area contributed by atoms with Crippen LogP contribution in [-0.4, -0.2) is 31.3 Å². The first-order chi connectivity index (χ1) is 14.3. The lowest BCUT2D eigenvalue weighted by atomic mass is 9.46. The molecule has 4 fully saturated rings. The van der Waals surface area contributed by atoms with Gasteiger partial charge in [0.05, 0.1) is 5.41 Å². The third kappa shape index (κ3) is 3.86. The first-order valence-electron chi connectivity index (χ1n) is 10.7. The first kappa shape index (κ1) is 22.2. The zero-order chi connectivity index (χ0) is 22.8. The van der Waals surface area contributed by atoms with Crippen LogP contribution >= 0.6 is 0 Å². The van der Waals surface area contributed by atoms with E-state index in [1.165, 1.54) is 26.0 Å². The number of aryl methyl sites for hydroxylation is 1.